The molecule has 0 unspecified atom stereocenters. The van der Waals surface area contributed by atoms with Gasteiger partial charge in [0.05, 0.1) is 12.6 Å². The molecule has 0 saturated heterocycles. The molecule has 2 atom stereocenters. The summed E-state index contributed by atoms with van der Waals surface area (Å²) in [5.41, 5.74) is 1.02. The number of ketones is 1. The van der Waals surface area contributed by atoms with Crippen LogP contribution in [0.1, 0.15) is 59.8 Å². The first-order valence-electron chi connectivity index (χ1n) is 11.5. The number of hydrogen-bond acceptors (Lipinski definition) is 6. The first-order valence-corrected chi connectivity index (χ1v) is 11.5. The number of carbonyl (C=O) groups excluding carboxylic acids is 4. The number of hydrogen-bond donors (Lipinski definition) is 3. The van der Waals surface area contributed by atoms with Gasteiger partial charge < -0.3 is 25.4 Å². The Balaban J connectivity index is 2.88. The van der Waals surface area contributed by atoms with Crippen LogP contribution in [0.5, 0.6) is 0 Å². The largest absolute Gasteiger partial charge is 0.447 e. The highest BCUT2D eigenvalue weighted by Gasteiger charge is 2.33. The van der Waals surface area contributed by atoms with Crippen LogP contribution in [0, 0.1) is 5.92 Å². The monoisotopic (exact) mass is 465 g/mol. The van der Waals surface area contributed by atoms with Gasteiger partial charge in [0.2, 0.25) is 11.7 Å². The average molecular weight is 466 g/mol. The topological polar surface area (TPSA) is 123 Å². The van der Waals surface area contributed by atoms with E-state index < -0.39 is 35.8 Å². The molecule has 33 heavy (non-hydrogen) atoms. The standard InChI is InChI=1S/C24H39N3O6/c1-6-7-8-17(4)9-12-19(21(28)23(30)25-18-10-11-18)26-22(29)20(15-16(2)3)27-24(31)33-14-13-32-5/h6-8,16,18-20H,9-15H2,1-5H3,(H,25,30)(H,26,29)(H,27,31)/b7-6-,17-8+/t19-,20-/m0/s1. The molecule has 1 rings (SSSR count). The van der Waals surface area contributed by atoms with Crippen LogP contribution in [0.3, 0.4) is 0 Å². The molecule has 0 aromatic rings. The molecule has 3 N–H and O–H groups in total. The maximum absolute atomic E-state index is 13.0. The van der Waals surface area contributed by atoms with Gasteiger partial charge in [-0.2, -0.15) is 0 Å². The molecule has 1 saturated carbocycles. The molecule has 9 heteroatoms. The second-order valence-corrected chi connectivity index (χ2v) is 8.71. The minimum Gasteiger partial charge on any atom is -0.447 e. The summed E-state index contributed by atoms with van der Waals surface area (Å²) in [6.07, 6.45) is 7.82. The van der Waals surface area contributed by atoms with Crippen molar-refractivity contribution in [1.29, 1.82) is 0 Å². The zero-order chi connectivity index (χ0) is 24.8. The minimum absolute atomic E-state index is 0.0337. The third-order valence-corrected chi connectivity index (χ3v) is 5.01. The Bertz CT molecular complexity index is 728. The lowest BCUT2D eigenvalue weighted by Gasteiger charge is -2.23. The molecule has 3 amide bonds. The molecule has 186 valence electrons. The molecular weight excluding hydrogens is 426 g/mol. The van der Waals surface area contributed by atoms with Gasteiger partial charge in [-0.25, -0.2) is 4.79 Å². The van der Waals surface area contributed by atoms with Crippen LogP contribution < -0.4 is 16.0 Å². The van der Waals surface area contributed by atoms with E-state index in [9.17, 15) is 19.2 Å². The van der Waals surface area contributed by atoms with E-state index in [1.165, 1.54) is 7.11 Å². The SMILES string of the molecule is C/C=C\C=C(/C)CC[C@H](NC(=O)[C@H](CC(C)C)NC(=O)OCCOC)C(=O)C(=O)NC1CC1. The summed E-state index contributed by atoms with van der Waals surface area (Å²) in [6.45, 7) is 7.95. The second kappa shape index (κ2) is 15.2. The lowest BCUT2D eigenvalue weighted by Crippen LogP contribution is -2.54. The number of nitrogens with one attached hydrogen (secondary N) is 3. The van der Waals surface area contributed by atoms with E-state index in [1.807, 2.05) is 45.9 Å². The highest BCUT2D eigenvalue weighted by Crippen LogP contribution is 2.19. The van der Waals surface area contributed by atoms with Gasteiger partial charge in [0.15, 0.2) is 0 Å². The molecule has 1 aliphatic rings. The Morgan fingerprint density at radius 2 is 1.76 bits per heavy atom. The van der Waals surface area contributed by atoms with E-state index >= 15 is 0 Å². The van der Waals surface area contributed by atoms with Crippen LogP contribution in [0.2, 0.25) is 0 Å². The van der Waals surface area contributed by atoms with Crippen LogP contribution in [0.4, 0.5) is 4.79 Å². The Morgan fingerprint density at radius 3 is 2.33 bits per heavy atom. The Labute approximate surface area is 196 Å². The molecule has 0 radical (unpaired) electrons. The smallest absolute Gasteiger partial charge is 0.407 e. The molecule has 0 aromatic carbocycles. The van der Waals surface area contributed by atoms with Crippen molar-refractivity contribution in [3.8, 4) is 0 Å². The fourth-order valence-corrected chi connectivity index (χ4v) is 3.00. The lowest BCUT2D eigenvalue weighted by atomic mass is 9.99. The summed E-state index contributed by atoms with van der Waals surface area (Å²) >= 11 is 0. The summed E-state index contributed by atoms with van der Waals surface area (Å²) < 4.78 is 9.85. The van der Waals surface area contributed by atoms with Crippen LogP contribution in [-0.4, -0.2) is 62.1 Å². The second-order valence-electron chi connectivity index (χ2n) is 8.71. The van der Waals surface area contributed by atoms with Crippen molar-refractivity contribution >= 4 is 23.7 Å². The van der Waals surface area contributed by atoms with Crippen molar-refractivity contribution in [1.82, 2.24) is 16.0 Å². The Kier molecular flexibility index (Phi) is 13.1. The highest BCUT2D eigenvalue weighted by molar-refractivity contribution is 6.38. The van der Waals surface area contributed by atoms with E-state index in [1.54, 1.807) is 0 Å². The number of allylic oxidation sites excluding steroid dienone is 4. The Hall–Kier alpha value is -2.68. The zero-order valence-electron chi connectivity index (χ0n) is 20.4. The van der Waals surface area contributed by atoms with Crippen molar-refractivity contribution in [3.05, 3.63) is 23.8 Å². The third-order valence-electron chi connectivity index (χ3n) is 5.01. The minimum atomic E-state index is -0.994. The van der Waals surface area contributed by atoms with Gasteiger partial charge in [-0.05, 0) is 51.9 Å². The van der Waals surface area contributed by atoms with Crippen molar-refractivity contribution in [2.24, 2.45) is 5.92 Å². The van der Waals surface area contributed by atoms with Crippen LogP contribution in [0.15, 0.2) is 23.8 Å². The number of carbonyl (C=O) groups is 4. The van der Waals surface area contributed by atoms with E-state index in [0.717, 1.165) is 18.4 Å². The fourth-order valence-electron chi connectivity index (χ4n) is 3.00. The number of Topliss-reactive ketones (excluding diaryl/α,β-unsaturated/α-hetero) is 1. The third kappa shape index (κ3) is 12.2. The van der Waals surface area contributed by atoms with E-state index in [2.05, 4.69) is 16.0 Å². The molecule has 0 bridgehead atoms. The van der Waals surface area contributed by atoms with Gasteiger partial charge in [-0.15, -0.1) is 0 Å². The van der Waals surface area contributed by atoms with E-state index in [-0.39, 0.29) is 31.6 Å². The number of methoxy groups -OCH3 is 1. The summed E-state index contributed by atoms with van der Waals surface area (Å²) in [7, 11) is 1.49. The predicted molar refractivity (Wildman–Crippen MR) is 126 cm³/mol. The number of ether oxygens (including phenoxy) is 2. The molecule has 0 aliphatic heterocycles. The number of amides is 3. The zero-order valence-corrected chi connectivity index (χ0v) is 20.4. The Morgan fingerprint density at radius 1 is 1.06 bits per heavy atom. The van der Waals surface area contributed by atoms with Crippen LogP contribution in [0.25, 0.3) is 0 Å². The normalized spacial score (nSPS) is 15.8. The quantitative estimate of drug-likeness (QED) is 0.194. The maximum atomic E-state index is 13.0. The van der Waals surface area contributed by atoms with Crippen molar-refractivity contribution in [3.63, 3.8) is 0 Å². The molecule has 0 spiro atoms. The van der Waals surface area contributed by atoms with Gasteiger partial charge in [-0.3, -0.25) is 14.4 Å². The fraction of sp³-hybridized carbons (Fsp3) is 0.667. The van der Waals surface area contributed by atoms with Gasteiger partial charge in [-0.1, -0.05) is 37.6 Å². The molecule has 0 aromatic heterocycles. The molecule has 1 fully saturated rings. The van der Waals surface area contributed by atoms with Crippen molar-refractivity contribution in [2.75, 3.05) is 20.3 Å². The van der Waals surface area contributed by atoms with Gasteiger partial charge in [0, 0.05) is 13.2 Å². The van der Waals surface area contributed by atoms with Gasteiger partial charge in [0.1, 0.15) is 12.6 Å². The summed E-state index contributed by atoms with van der Waals surface area (Å²) in [5.74, 6) is -1.80. The maximum Gasteiger partial charge on any atom is 0.407 e. The van der Waals surface area contributed by atoms with Crippen LogP contribution >= 0.6 is 0 Å². The highest BCUT2D eigenvalue weighted by atomic mass is 16.6. The first kappa shape index (κ1) is 28.4. The first-order chi connectivity index (χ1) is 15.7. The number of rotatable bonds is 15. The summed E-state index contributed by atoms with van der Waals surface area (Å²) in [6, 6.07) is -1.86. The number of alkyl carbamates (subject to hydrolysis) is 1. The van der Waals surface area contributed by atoms with E-state index in [0.29, 0.717) is 12.8 Å². The van der Waals surface area contributed by atoms with Crippen LogP contribution in [-0.2, 0) is 23.9 Å². The molecule has 9 nitrogen and oxygen atoms in total. The molecule has 1 aliphatic carbocycles. The average Bonchev–Trinajstić information content (AvgIpc) is 3.57. The summed E-state index contributed by atoms with van der Waals surface area (Å²) in [4.78, 5) is 50.3. The van der Waals surface area contributed by atoms with Gasteiger partial charge >= 0.3 is 6.09 Å². The lowest BCUT2D eigenvalue weighted by molar-refractivity contribution is -0.140. The summed E-state index contributed by atoms with van der Waals surface area (Å²) in [5, 5.41) is 7.93. The van der Waals surface area contributed by atoms with Crippen molar-refractivity contribution in [2.45, 2.75) is 77.9 Å². The van der Waals surface area contributed by atoms with Crippen molar-refractivity contribution < 1.29 is 28.7 Å². The predicted octanol–water partition coefficient (Wildman–Crippen LogP) is 2.41. The molecule has 0 heterocycles. The van der Waals surface area contributed by atoms with Gasteiger partial charge in [0.25, 0.3) is 5.91 Å². The van der Waals surface area contributed by atoms with E-state index in [4.69, 9.17) is 9.47 Å². The molecular formula is C24H39N3O6.